The Balaban J connectivity index is 2.02. The maximum Gasteiger partial charge on any atom is 0.0960 e. The topological polar surface area (TPSA) is 42.6 Å². The summed E-state index contributed by atoms with van der Waals surface area (Å²) in [6.45, 7) is 1.37. The molecule has 0 saturated carbocycles. The molecule has 1 saturated heterocycles. The van der Waals surface area contributed by atoms with E-state index in [0.29, 0.717) is 13.2 Å². The molecule has 0 amide bonds. The minimum Gasteiger partial charge on any atom is -0.472 e. The van der Waals surface area contributed by atoms with Crippen molar-refractivity contribution in [3.63, 3.8) is 0 Å². The molecule has 2 aromatic rings. The minimum absolute atomic E-state index is 0.274. The number of aliphatic hydroxyl groups excluding tert-OH is 1. The average Bonchev–Trinajstić information content (AvgIpc) is 3.02. The summed E-state index contributed by atoms with van der Waals surface area (Å²) < 4.78 is 10.6. The summed E-state index contributed by atoms with van der Waals surface area (Å²) in [7, 11) is 0. The van der Waals surface area contributed by atoms with Gasteiger partial charge in [-0.3, -0.25) is 0 Å². The summed E-state index contributed by atoms with van der Waals surface area (Å²) >= 11 is 0. The predicted molar refractivity (Wildman–Crippen MR) is 71.8 cm³/mol. The van der Waals surface area contributed by atoms with Crippen molar-refractivity contribution in [2.75, 3.05) is 13.2 Å². The first-order valence-electron chi connectivity index (χ1n) is 6.66. The molecule has 1 fully saturated rings. The van der Waals surface area contributed by atoms with Crippen molar-refractivity contribution in [1.29, 1.82) is 0 Å². The molecule has 1 aliphatic heterocycles. The Morgan fingerprint density at radius 1 is 1.05 bits per heavy atom. The molecule has 1 aromatic carbocycles. The van der Waals surface area contributed by atoms with Gasteiger partial charge in [0.05, 0.1) is 18.6 Å². The van der Waals surface area contributed by atoms with Gasteiger partial charge >= 0.3 is 0 Å². The Bertz CT molecular complexity index is 498. The van der Waals surface area contributed by atoms with Gasteiger partial charge in [0, 0.05) is 24.2 Å². The highest BCUT2D eigenvalue weighted by molar-refractivity contribution is 5.31. The summed E-state index contributed by atoms with van der Waals surface area (Å²) in [5, 5.41) is 10.8. The van der Waals surface area contributed by atoms with E-state index in [1.807, 2.05) is 24.3 Å². The highest BCUT2D eigenvalue weighted by atomic mass is 16.5. The van der Waals surface area contributed by atoms with Crippen molar-refractivity contribution < 1.29 is 14.3 Å². The molecule has 19 heavy (non-hydrogen) atoms. The van der Waals surface area contributed by atoms with Crippen LogP contribution in [0.2, 0.25) is 0 Å². The first-order valence-corrected chi connectivity index (χ1v) is 6.66. The molecule has 1 aliphatic rings. The van der Waals surface area contributed by atoms with Crippen molar-refractivity contribution in [2.45, 2.75) is 24.4 Å². The lowest BCUT2D eigenvalue weighted by Gasteiger charge is -2.41. The molecule has 2 heterocycles. The van der Waals surface area contributed by atoms with Crippen LogP contribution in [0.25, 0.3) is 0 Å². The number of hydrogen-bond acceptors (Lipinski definition) is 3. The van der Waals surface area contributed by atoms with Crippen LogP contribution in [0.1, 0.15) is 30.1 Å². The molecule has 0 radical (unpaired) electrons. The fourth-order valence-corrected chi connectivity index (χ4v) is 2.98. The number of furan rings is 1. The van der Waals surface area contributed by atoms with Crippen LogP contribution in [-0.2, 0) is 10.2 Å². The molecular formula is C16H18O3. The van der Waals surface area contributed by atoms with E-state index in [4.69, 9.17) is 9.15 Å². The third kappa shape index (κ3) is 2.20. The largest absolute Gasteiger partial charge is 0.472 e. The van der Waals surface area contributed by atoms with Crippen LogP contribution in [0.3, 0.4) is 0 Å². The zero-order valence-corrected chi connectivity index (χ0v) is 10.8. The summed E-state index contributed by atoms with van der Waals surface area (Å²) in [6.07, 6.45) is 4.33. The van der Waals surface area contributed by atoms with Gasteiger partial charge in [-0.05, 0) is 24.5 Å². The zero-order valence-electron chi connectivity index (χ0n) is 10.8. The monoisotopic (exact) mass is 258 g/mol. The molecule has 3 rings (SSSR count). The first kappa shape index (κ1) is 12.5. The van der Waals surface area contributed by atoms with Crippen LogP contribution in [0.4, 0.5) is 0 Å². The zero-order chi connectivity index (χ0) is 13.1. The first-order chi connectivity index (χ1) is 9.33. The molecule has 0 aliphatic carbocycles. The second-order valence-corrected chi connectivity index (χ2v) is 5.09. The van der Waals surface area contributed by atoms with Gasteiger partial charge in [-0.2, -0.15) is 0 Å². The SMILES string of the molecule is OC(c1ccoc1)C1(c2ccccc2)CCOCC1. The lowest BCUT2D eigenvalue weighted by molar-refractivity contribution is -0.0172. The van der Waals surface area contributed by atoms with Gasteiger partial charge in [0.2, 0.25) is 0 Å². The number of aliphatic hydroxyl groups is 1. The third-order valence-corrected chi connectivity index (χ3v) is 4.12. The van der Waals surface area contributed by atoms with Gasteiger partial charge in [0.25, 0.3) is 0 Å². The molecule has 0 spiro atoms. The van der Waals surface area contributed by atoms with Crippen LogP contribution >= 0.6 is 0 Å². The Morgan fingerprint density at radius 3 is 2.42 bits per heavy atom. The van der Waals surface area contributed by atoms with Gasteiger partial charge in [-0.25, -0.2) is 0 Å². The number of benzene rings is 1. The predicted octanol–water partition coefficient (Wildman–Crippen LogP) is 3.06. The Hall–Kier alpha value is -1.58. The smallest absolute Gasteiger partial charge is 0.0960 e. The van der Waals surface area contributed by atoms with E-state index >= 15 is 0 Å². The van der Waals surface area contributed by atoms with Gasteiger partial charge in [-0.15, -0.1) is 0 Å². The van der Waals surface area contributed by atoms with Gasteiger partial charge in [-0.1, -0.05) is 30.3 Å². The summed E-state index contributed by atoms with van der Waals surface area (Å²) in [4.78, 5) is 0. The molecule has 1 unspecified atom stereocenters. The average molecular weight is 258 g/mol. The molecular weight excluding hydrogens is 240 g/mol. The Morgan fingerprint density at radius 2 is 1.79 bits per heavy atom. The van der Waals surface area contributed by atoms with Gasteiger partial charge in [0.1, 0.15) is 0 Å². The standard InChI is InChI=1S/C16H18O3/c17-15(13-6-9-19-12-13)16(7-10-18-11-8-16)14-4-2-1-3-5-14/h1-6,9,12,15,17H,7-8,10-11H2. The van der Waals surface area contributed by atoms with Crippen molar-refractivity contribution in [3.8, 4) is 0 Å². The number of rotatable bonds is 3. The fraction of sp³-hybridized carbons (Fsp3) is 0.375. The van der Waals surface area contributed by atoms with Crippen molar-refractivity contribution in [2.24, 2.45) is 0 Å². The van der Waals surface area contributed by atoms with E-state index in [1.54, 1.807) is 12.5 Å². The highest BCUT2D eigenvalue weighted by Crippen LogP contribution is 2.45. The van der Waals surface area contributed by atoms with Crippen LogP contribution in [0.15, 0.2) is 53.3 Å². The van der Waals surface area contributed by atoms with E-state index < -0.39 is 6.10 Å². The quantitative estimate of drug-likeness (QED) is 0.920. The van der Waals surface area contributed by atoms with Crippen molar-refractivity contribution in [1.82, 2.24) is 0 Å². The number of hydrogen-bond donors (Lipinski definition) is 1. The molecule has 3 heteroatoms. The van der Waals surface area contributed by atoms with Crippen molar-refractivity contribution in [3.05, 3.63) is 60.1 Å². The van der Waals surface area contributed by atoms with E-state index in [1.165, 1.54) is 5.56 Å². The van der Waals surface area contributed by atoms with E-state index in [9.17, 15) is 5.11 Å². The maximum absolute atomic E-state index is 10.8. The lowest BCUT2D eigenvalue weighted by Crippen LogP contribution is -2.39. The van der Waals surface area contributed by atoms with Crippen LogP contribution in [0, 0.1) is 0 Å². The summed E-state index contributed by atoms with van der Waals surface area (Å²) in [5.74, 6) is 0. The fourth-order valence-electron chi connectivity index (χ4n) is 2.98. The summed E-state index contributed by atoms with van der Waals surface area (Å²) in [5.41, 5.74) is 1.74. The maximum atomic E-state index is 10.8. The minimum atomic E-state index is -0.558. The number of ether oxygens (including phenoxy) is 1. The van der Waals surface area contributed by atoms with E-state index in [-0.39, 0.29) is 5.41 Å². The molecule has 3 nitrogen and oxygen atoms in total. The molecule has 1 atom stereocenters. The van der Waals surface area contributed by atoms with Crippen LogP contribution < -0.4 is 0 Å². The normalized spacial score (nSPS) is 20.1. The van der Waals surface area contributed by atoms with Crippen LogP contribution in [-0.4, -0.2) is 18.3 Å². The molecule has 1 N–H and O–H groups in total. The highest BCUT2D eigenvalue weighted by Gasteiger charge is 2.42. The second kappa shape index (κ2) is 5.19. The van der Waals surface area contributed by atoms with Crippen LogP contribution in [0.5, 0.6) is 0 Å². The van der Waals surface area contributed by atoms with Crippen molar-refractivity contribution >= 4 is 0 Å². The van der Waals surface area contributed by atoms with E-state index in [0.717, 1.165) is 18.4 Å². The van der Waals surface area contributed by atoms with Gasteiger partial charge in [0.15, 0.2) is 0 Å². The molecule has 1 aromatic heterocycles. The van der Waals surface area contributed by atoms with E-state index in [2.05, 4.69) is 12.1 Å². The molecule has 0 bridgehead atoms. The third-order valence-electron chi connectivity index (χ3n) is 4.12. The molecule has 100 valence electrons. The van der Waals surface area contributed by atoms with Gasteiger partial charge < -0.3 is 14.3 Å². The second-order valence-electron chi connectivity index (χ2n) is 5.09. The Labute approximate surface area is 112 Å². The lowest BCUT2D eigenvalue weighted by atomic mass is 9.68. The Kier molecular flexibility index (Phi) is 3.40. The summed E-state index contributed by atoms with van der Waals surface area (Å²) in [6, 6.07) is 12.1.